The maximum atomic E-state index is 12.6. The summed E-state index contributed by atoms with van der Waals surface area (Å²) >= 11 is 0. The first kappa shape index (κ1) is 17.9. The van der Waals surface area contributed by atoms with Gasteiger partial charge in [-0.2, -0.15) is 13.2 Å². The highest BCUT2D eigenvalue weighted by Gasteiger charge is 2.30. The number of benzene rings is 1. The molecule has 0 aliphatic rings. The van der Waals surface area contributed by atoms with Crippen LogP contribution >= 0.6 is 0 Å². The molecule has 7 heteroatoms. The van der Waals surface area contributed by atoms with Gasteiger partial charge in [-0.05, 0) is 25.1 Å². The molecule has 0 radical (unpaired) electrons. The van der Waals surface area contributed by atoms with Gasteiger partial charge in [-0.25, -0.2) is 4.99 Å². The summed E-state index contributed by atoms with van der Waals surface area (Å²) in [6.45, 7) is 7.31. The summed E-state index contributed by atoms with van der Waals surface area (Å²) in [7, 11) is 0. The number of alkyl halides is 3. The number of nitrogens with zero attached hydrogens (tertiary/aromatic N) is 1. The van der Waals surface area contributed by atoms with Crippen LogP contribution in [0.3, 0.4) is 0 Å². The number of guanidine groups is 1. The Morgan fingerprint density at radius 1 is 1.36 bits per heavy atom. The normalized spacial score (nSPS) is 11.9. The van der Waals surface area contributed by atoms with Gasteiger partial charge in [0.15, 0.2) is 5.96 Å². The van der Waals surface area contributed by atoms with Crippen molar-refractivity contribution in [1.82, 2.24) is 10.6 Å². The van der Waals surface area contributed by atoms with E-state index in [1.165, 1.54) is 12.1 Å². The summed E-state index contributed by atoms with van der Waals surface area (Å²) in [5.41, 5.74) is -0.727. The molecule has 0 aliphatic heterocycles. The Kier molecular flexibility index (Phi) is 7.28. The van der Waals surface area contributed by atoms with Gasteiger partial charge < -0.3 is 15.4 Å². The quantitative estimate of drug-likeness (QED) is 0.352. The lowest BCUT2D eigenvalue weighted by atomic mass is 10.2. The van der Waals surface area contributed by atoms with Crippen molar-refractivity contribution >= 4 is 5.96 Å². The summed E-state index contributed by atoms with van der Waals surface area (Å²) in [5.74, 6) is 0.782. The first-order valence-electron chi connectivity index (χ1n) is 6.90. The van der Waals surface area contributed by atoms with E-state index < -0.39 is 11.7 Å². The number of aliphatic imine (C=N–C) groups is 1. The van der Waals surface area contributed by atoms with Crippen LogP contribution < -0.4 is 15.4 Å². The largest absolute Gasteiger partial charge is 0.492 e. The maximum absolute atomic E-state index is 12.6. The molecule has 0 spiro atoms. The van der Waals surface area contributed by atoms with E-state index in [-0.39, 0.29) is 12.4 Å². The van der Waals surface area contributed by atoms with E-state index in [4.69, 9.17) is 4.74 Å². The third kappa shape index (κ3) is 6.51. The van der Waals surface area contributed by atoms with Crippen molar-refractivity contribution in [3.05, 3.63) is 42.5 Å². The molecular weight excluding hydrogens is 295 g/mol. The first-order valence-corrected chi connectivity index (χ1v) is 6.90. The molecule has 22 heavy (non-hydrogen) atoms. The second-order valence-corrected chi connectivity index (χ2v) is 4.30. The summed E-state index contributed by atoms with van der Waals surface area (Å²) in [6, 6.07) is 4.79. The molecule has 0 unspecified atom stereocenters. The van der Waals surface area contributed by atoms with Crippen LogP contribution in [0.25, 0.3) is 0 Å². The average Bonchev–Trinajstić information content (AvgIpc) is 2.48. The number of rotatable bonds is 7. The molecule has 1 aromatic carbocycles. The van der Waals surface area contributed by atoms with Gasteiger partial charge in [-0.15, -0.1) is 6.58 Å². The third-order valence-electron chi connectivity index (χ3n) is 2.55. The fraction of sp³-hybridized carbons (Fsp3) is 0.400. The highest BCUT2D eigenvalue weighted by Crippen LogP contribution is 2.31. The Labute approximate surface area is 128 Å². The average molecular weight is 315 g/mol. The molecule has 0 aliphatic carbocycles. The van der Waals surface area contributed by atoms with Crippen LogP contribution in [0.2, 0.25) is 0 Å². The Hall–Kier alpha value is -2.18. The summed E-state index contributed by atoms with van der Waals surface area (Å²) in [4.78, 5) is 4.24. The van der Waals surface area contributed by atoms with Gasteiger partial charge in [-0.3, -0.25) is 0 Å². The van der Waals surface area contributed by atoms with E-state index in [9.17, 15) is 13.2 Å². The predicted octanol–water partition coefficient (Wildman–Crippen LogP) is 2.83. The van der Waals surface area contributed by atoms with Gasteiger partial charge in [0.25, 0.3) is 0 Å². The van der Waals surface area contributed by atoms with Crippen molar-refractivity contribution < 1.29 is 17.9 Å². The summed E-state index contributed by atoms with van der Waals surface area (Å²) in [6.07, 6.45) is -2.67. The van der Waals surface area contributed by atoms with Crippen LogP contribution in [0.5, 0.6) is 5.75 Å². The molecule has 4 nitrogen and oxygen atoms in total. The lowest BCUT2D eigenvalue weighted by Crippen LogP contribution is -2.37. The fourth-order valence-electron chi connectivity index (χ4n) is 1.59. The minimum atomic E-state index is -4.37. The molecule has 1 aromatic rings. The molecule has 122 valence electrons. The van der Waals surface area contributed by atoms with E-state index in [0.29, 0.717) is 25.6 Å². The smallest absolute Gasteiger partial charge is 0.416 e. The van der Waals surface area contributed by atoms with Gasteiger partial charge >= 0.3 is 6.18 Å². The molecule has 0 bridgehead atoms. The molecule has 0 amide bonds. The lowest BCUT2D eigenvalue weighted by molar-refractivity contribution is -0.137. The maximum Gasteiger partial charge on any atom is 0.416 e. The van der Waals surface area contributed by atoms with Crippen LogP contribution in [0.4, 0.5) is 13.2 Å². The molecule has 0 atom stereocenters. The lowest BCUT2D eigenvalue weighted by Gasteiger charge is -2.11. The fourth-order valence-corrected chi connectivity index (χ4v) is 1.59. The topological polar surface area (TPSA) is 45.7 Å². The number of ether oxygens (including phenoxy) is 1. The molecule has 0 heterocycles. The summed E-state index contributed by atoms with van der Waals surface area (Å²) in [5, 5.41) is 6.05. The standard InChI is InChI=1S/C15H20F3N3O/c1-3-8-20-14(19-4-2)21-9-10-22-13-7-5-6-12(11-13)15(16,17)18/h3,5-7,11H,1,4,8-10H2,2H3,(H2,19,20,21). The van der Waals surface area contributed by atoms with Gasteiger partial charge in [-0.1, -0.05) is 12.1 Å². The van der Waals surface area contributed by atoms with Gasteiger partial charge in [0, 0.05) is 13.1 Å². The van der Waals surface area contributed by atoms with Gasteiger partial charge in [0.05, 0.1) is 12.1 Å². The van der Waals surface area contributed by atoms with Crippen molar-refractivity contribution in [3.8, 4) is 5.75 Å². The zero-order chi connectivity index (χ0) is 16.4. The highest BCUT2D eigenvalue weighted by molar-refractivity contribution is 5.79. The van der Waals surface area contributed by atoms with E-state index in [1.807, 2.05) is 6.92 Å². The van der Waals surface area contributed by atoms with Crippen LogP contribution in [0.1, 0.15) is 12.5 Å². The Bertz CT molecular complexity index is 501. The molecular formula is C15H20F3N3O. The SMILES string of the molecule is C=CCNC(=NCCOc1cccc(C(F)(F)F)c1)NCC. The minimum absolute atomic E-state index is 0.175. The van der Waals surface area contributed by atoms with Gasteiger partial charge in [0.1, 0.15) is 12.4 Å². The van der Waals surface area contributed by atoms with Crippen molar-refractivity contribution in [1.29, 1.82) is 0 Å². The molecule has 0 aromatic heterocycles. The summed E-state index contributed by atoms with van der Waals surface area (Å²) < 4.78 is 43.0. The Morgan fingerprint density at radius 3 is 2.77 bits per heavy atom. The second kappa shape index (κ2) is 8.96. The second-order valence-electron chi connectivity index (χ2n) is 4.30. The van der Waals surface area contributed by atoms with Crippen molar-refractivity contribution in [3.63, 3.8) is 0 Å². The Morgan fingerprint density at radius 2 is 2.14 bits per heavy atom. The van der Waals surface area contributed by atoms with Crippen LogP contribution in [-0.2, 0) is 6.18 Å². The number of halogens is 3. The van der Waals surface area contributed by atoms with Crippen LogP contribution in [-0.4, -0.2) is 32.2 Å². The third-order valence-corrected chi connectivity index (χ3v) is 2.55. The molecule has 0 saturated carbocycles. The van der Waals surface area contributed by atoms with Crippen LogP contribution in [0.15, 0.2) is 41.9 Å². The minimum Gasteiger partial charge on any atom is -0.492 e. The zero-order valence-electron chi connectivity index (χ0n) is 12.4. The number of hydrogen-bond donors (Lipinski definition) is 2. The van der Waals surface area contributed by atoms with E-state index in [2.05, 4.69) is 22.2 Å². The van der Waals surface area contributed by atoms with Crippen molar-refractivity contribution in [2.24, 2.45) is 4.99 Å². The Balaban J connectivity index is 2.50. The zero-order valence-corrected chi connectivity index (χ0v) is 12.4. The first-order chi connectivity index (χ1) is 10.5. The predicted molar refractivity (Wildman–Crippen MR) is 81.1 cm³/mol. The van der Waals surface area contributed by atoms with E-state index in [0.717, 1.165) is 12.1 Å². The highest BCUT2D eigenvalue weighted by atomic mass is 19.4. The van der Waals surface area contributed by atoms with Gasteiger partial charge in [0.2, 0.25) is 0 Å². The molecule has 0 fully saturated rings. The van der Waals surface area contributed by atoms with Crippen molar-refractivity contribution in [2.45, 2.75) is 13.1 Å². The number of hydrogen-bond acceptors (Lipinski definition) is 2. The van der Waals surface area contributed by atoms with Crippen LogP contribution in [0, 0.1) is 0 Å². The molecule has 1 rings (SSSR count). The monoisotopic (exact) mass is 315 g/mol. The molecule has 0 saturated heterocycles. The number of nitrogens with one attached hydrogen (secondary N) is 2. The molecule has 2 N–H and O–H groups in total. The van der Waals surface area contributed by atoms with E-state index in [1.54, 1.807) is 6.08 Å². The van der Waals surface area contributed by atoms with Crippen molar-refractivity contribution in [2.75, 3.05) is 26.2 Å². The van der Waals surface area contributed by atoms with E-state index >= 15 is 0 Å².